The summed E-state index contributed by atoms with van der Waals surface area (Å²) in [6.45, 7) is 0. The highest BCUT2D eigenvalue weighted by Gasteiger charge is 2.19. The van der Waals surface area contributed by atoms with E-state index in [0.29, 0.717) is 0 Å². The minimum Gasteiger partial charge on any atom is -0.340 e. The van der Waals surface area contributed by atoms with Gasteiger partial charge in [-0.15, -0.1) is 11.3 Å². The van der Waals surface area contributed by atoms with Gasteiger partial charge < -0.3 is 5.32 Å². The number of fused-ring (bicyclic) bond motifs is 4. The van der Waals surface area contributed by atoms with Crippen molar-refractivity contribution in [1.82, 2.24) is 9.97 Å². The maximum Gasteiger partial charge on any atom is 0.142 e. The highest BCUT2D eigenvalue weighted by Crippen LogP contribution is 2.39. The average molecular weight is 331 g/mol. The van der Waals surface area contributed by atoms with Crippen LogP contribution < -0.4 is 5.32 Å². The molecule has 0 saturated heterocycles. The van der Waals surface area contributed by atoms with Crippen LogP contribution in [0.25, 0.3) is 21.0 Å². The third kappa shape index (κ3) is 2.26. The third-order valence-corrected chi connectivity index (χ3v) is 5.96. The molecule has 2 heterocycles. The number of hydrogen-bond acceptors (Lipinski definition) is 4. The van der Waals surface area contributed by atoms with Crippen molar-refractivity contribution in [1.29, 1.82) is 0 Å². The first-order chi connectivity index (χ1) is 11.9. The van der Waals surface area contributed by atoms with Gasteiger partial charge in [0.15, 0.2) is 0 Å². The van der Waals surface area contributed by atoms with Gasteiger partial charge in [-0.25, -0.2) is 9.97 Å². The van der Waals surface area contributed by atoms with Crippen molar-refractivity contribution < 1.29 is 0 Å². The lowest BCUT2D eigenvalue weighted by Crippen LogP contribution is -2.01. The maximum absolute atomic E-state index is 4.55. The molecule has 0 bridgehead atoms. The Kier molecular flexibility index (Phi) is 3.23. The van der Waals surface area contributed by atoms with Gasteiger partial charge in [0.25, 0.3) is 0 Å². The minimum atomic E-state index is 0.940. The third-order valence-electron chi connectivity index (χ3n) is 4.76. The molecule has 2 aromatic carbocycles. The highest BCUT2D eigenvalue weighted by atomic mass is 32.1. The molecule has 5 rings (SSSR count). The molecular formula is C20H17N3S. The summed E-state index contributed by atoms with van der Waals surface area (Å²) in [4.78, 5) is 11.7. The number of benzene rings is 2. The quantitative estimate of drug-likeness (QED) is 0.529. The van der Waals surface area contributed by atoms with Crippen molar-refractivity contribution in [3.05, 3.63) is 59.2 Å². The molecule has 0 atom stereocenters. The topological polar surface area (TPSA) is 37.8 Å². The van der Waals surface area contributed by atoms with E-state index in [1.807, 2.05) is 11.3 Å². The molecule has 1 N–H and O–H groups in total. The molecule has 0 saturated carbocycles. The van der Waals surface area contributed by atoms with Crippen molar-refractivity contribution in [3.8, 4) is 0 Å². The van der Waals surface area contributed by atoms with Crippen LogP contribution >= 0.6 is 11.3 Å². The molecule has 4 heteroatoms. The fraction of sp³-hybridized carbons (Fsp3) is 0.200. The second-order valence-corrected chi connectivity index (χ2v) is 7.38. The number of rotatable bonds is 2. The molecule has 0 fully saturated rings. The van der Waals surface area contributed by atoms with Gasteiger partial charge in [-0.2, -0.15) is 0 Å². The molecular weight excluding hydrogens is 314 g/mol. The zero-order valence-electron chi connectivity index (χ0n) is 13.2. The molecule has 24 heavy (non-hydrogen) atoms. The summed E-state index contributed by atoms with van der Waals surface area (Å²) in [5, 5.41) is 7.25. The molecule has 1 aliphatic carbocycles. The van der Waals surface area contributed by atoms with Gasteiger partial charge in [0.1, 0.15) is 17.0 Å². The van der Waals surface area contributed by atoms with Crippen LogP contribution in [0.2, 0.25) is 0 Å². The van der Waals surface area contributed by atoms with Crippen LogP contribution in [-0.4, -0.2) is 9.97 Å². The van der Waals surface area contributed by atoms with Gasteiger partial charge >= 0.3 is 0 Å². The fourth-order valence-electron chi connectivity index (χ4n) is 3.59. The first-order valence-electron chi connectivity index (χ1n) is 8.39. The number of nitrogens with one attached hydrogen (secondary N) is 1. The summed E-state index contributed by atoms with van der Waals surface area (Å²) in [6, 6.07) is 14.9. The molecule has 1 aliphatic rings. The zero-order valence-corrected chi connectivity index (χ0v) is 14.1. The van der Waals surface area contributed by atoms with Gasteiger partial charge in [-0.05, 0) is 54.2 Å². The lowest BCUT2D eigenvalue weighted by atomic mass is 9.97. The molecule has 0 radical (unpaired) electrons. The largest absolute Gasteiger partial charge is 0.340 e. The van der Waals surface area contributed by atoms with Crippen molar-refractivity contribution in [2.45, 2.75) is 25.7 Å². The normalized spacial score (nSPS) is 14.0. The van der Waals surface area contributed by atoms with E-state index in [4.69, 9.17) is 0 Å². The number of thiophene rings is 1. The van der Waals surface area contributed by atoms with E-state index in [0.717, 1.165) is 22.8 Å². The summed E-state index contributed by atoms with van der Waals surface area (Å²) in [6.07, 6.45) is 6.57. The van der Waals surface area contributed by atoms with Crippen LogP contribution in [0.4, 0.5) is 11.5 Å². The van der Waals surface area contributed by atoms with Gasteiger partial charge in [-0.1, -0.05) is 30.3 Å². The fourth-order valence-corrected chi connectivity index (χ4v) is 4.82. The van der Waals surface area contributed by atoms with E-state index in [-0.39, 0.29) is 0 Å². The van der Waals surface area contributed by atoms with Crippen molar-refractivity contribution in [2.24, 2.45) is 0 Å². The molecule has 0 aliphatic heterocycles. The Labute approximate surface area is 144 Å². The van der Waals surface area contributed by atoms with Crippen LogP contribution in [0, 0.1) is 0 Å². The number of aromatic nitrogens is 2. The Morgan fingerprint density at radius 1 is 0.917 bits per heavy atom. The first-order valence-corrected chi connectivity index (χ1v) is 9.21. The van der Waals surface area contributed by atoms with Crippen molar-refractivity contribution in [3.63, 3.8) is 0 Å². The monoisotopic (exact) mass is 331 g/mol. The number of hydrogen-bond donors (Lipinski definition) is 1. The second kappa shape index (κ2) is 5.56. The van der Waals surface area contributed by atoms with E-state index in [9.17, 15) is 0 Å². The summed E-state index contributed by atoms with van der Waals surface area (Å²) >= 11 is 1.84. The average Bonchev–Trinajstić information content (AvgIpc) is 3.01. The van der Waals surface area contributed by atoms with E-state index < -0.39 is 0 Å². The van der Waals surface area contributed by atoms with E-state index in [2.05, 4.69) is 57.7 Å². The Bertz CT molecular complexity index is 1050. The Hall–Kier alpha value is -2.46. The van der Waals surface area contributed by atoms with Crippen molar-refractivity contribution in [2.75, 3.05) is 5.32 Å². The summed E-state index contributed by atoms with van der Waals surface area (Å²) in [5.74, 6) is 0.940. The standard InChI is InChI=1S/C20H17N3S/c1-2-6-14-11-15(10-9-13(14)5-1)23-19-18-16-7-3-4-8-17(16)24-20(18)22-12-21-19/h1-2,5-6,9-12H,3-4,7-8H2,(H,21,22,23). The lowest BCUT2D eigenvalue weighted by molar-refractivity contribution is 0.700. The summed E-state index contributed by atoms with van der Waals surface area (Å²) in [5.41, 5.74) is 2.54. The highest BCUT2D eigenvalue weighted by molar-refractivity contribution is 7.19. The Morgan fingerprint density at radius 2 is 1.79 bits per heavy atom. The SMILES string of the molecule is c1ccc2cc(Nc3ncnc4sc5c(c34)CCCC5)ccc2c1. The Balaban J connectivity index is 1.62. The maximum atomic E-state index is 4.55. The predicted molar refractivity (Wildman–Crippen MR) is 101 cm³/mol. The van der Waals surface area contributed by atoms with E-state index >= 15 is 0 Å². The van der Waals surface area contributed by atoms with Crippen LogP contribution in [-0.2, 0) is 12.8 Å². The van der Waals surface area contributed by atoms with Crippen molar-refractivity contribution >= 4 is 43.8 Å². The van der Waals surface area contributed by atoms with Gasteiger partial charge in [0.2, 0.25) is 0 Å². The van der Waals surface area contributed by atoms with Crippen LogP contribution in [0.5, 0.6) is 0 Å². The molecule has 0 amide bonds. The number of nitrogens with zero attached hydrogens (tertiary/aromatic N) is 2. The predicted octanol–water partition coefficient (Wildman–Crippen LogP) is 5.47. The summed E-state index contributed by atoms with van der Waals surface area (Å²) < 4.78 is 0. The van der Waals surface area contributed by atoms with Gasteiger partial charge in [-0.3, -0.25) is 0 Å². The summed E-state index contributed by atoms with van der Waals surface area (Å²) in [7, 11) is 0. The first kappa shape index (κ1) is 13.9. The molecule has 118 valence electrons. The van der Waals surface area contributed by atoms with E-state index in [1.165, 1.54) is 45.9 Å². The molecule has 4 aromatic rings. The van der Waals surface area contributed by atoms with Gasteiger partial charge in [0.05, 0.1) is 5.39 Å². The van der Waals surface area contributed by atoms with Gasteiger partial charge in [0, 0.05) is 10.6 Å². The number of aryl methyl sites for hydroxylation is 2. The second-order valence-electron chi connectivity index (χ2n) is 6.30. The van der Waals surface area contributed by atoms with Crippen LogP contribution in [0.1, 0.15) is 23.3 Å². The molecule has 0 unspecified atom stereocenters. The molecule has 2 aromatic heterocycles. The lowest BCUT2D eigenvalue weighted by Gasteiger charge is -2.12. The van der Waals surface area contributed by atoms with Crippen LogP contribution in [0.3, 0.4) is 0 Å². The van der Waals surface area contributed by atoms with Crippen LogP contribution in [0.15, 0.2) is 48.8 Å². The smallest absolute Gasteiger partial charge is 0.142 e. The zero-order chi connectivity index (χ0) is 15.9. The van der Waals surface area contributed by atoms with E-state index in [1.54, 1.807) is 6.33 Å². The molecule has 3 nitrogen and oxygen atoms in total. The molecule has 0 spiro atoms. The minimum absolute atomic E-state index is 0.940. The Morgan fingerprint density at radius 3 is 2.75 bits per heavy atom. The number of anilines is 2.